The summed E-state index contributed by atoms with van der Waals surface area (Å²) >= 11 is 0. The first-order chi connectivity index (χ1) is 9.52. The van der Waals surface area contributed by atoms with E-state index in [0.29, 0.717) is 11.9 Å². The largest absolute Gasteiger partial charge is 0.417 e. The fourth-order valence-electron chi connectivity index (χ4n) is 2.64. The predicted molar refractivity (Wildman–Crippen MR) is 72.8 cm³/mol. The van der Waals surface area contributed by atoms with Gasteiger partial charge in [-0.1, -0.05) is 0 Å². The maximum Gasteiger partial charge on any atom is 0.417 e. The molecule has 0 amide bonds. The van der Waals surface area contributed by atoms with E-state index in [-0.39, 0.29) is 0 Å². The summed E-state index contributed by atoms with van der Waals surface area (Å²) in [5, 5.41) is 3.12. The number of pyridine rings is 1. The maximum absolute atomic E-state index is 12.5. The average molecular weight is 287 g/mol. The molecule has 6 heteroatoms. The van der Waals surface area contributed by atoms with Gasteiger partial charge in [0.2, 0.25) is 0 Å². The normalized spacial score (nSPS) is 20.2. The molecule has 0 aromatic carbocycles. The Bertz CT molecular complexity index is 417. The van der Waals surface area contributed by atoms with Crippen LogP contribution in [0.2, 0.25) is 0 Å². The molecule has 1 N–H and O–H groups in total. The summed E-state index contributed by atoms with van der Waals surface area (Å²) in [6, 6.07) is 2.97. The Labute approximate surface area is 117 Å². The van der Waals surface area contributed by atoms with Crippen LogP contribution in [0.15, 0.2) is 18.3 Å². The van der Waals surface area contributed by atoms with Crippen LogP contribution < -0.4 is 10.2 Å². The van der Waals surface area contributed by atoms with Crippen LogP contribution in [0.1, 0.15) is 31.2 Å². The smallest absolute Gasteiger partial charge is 0.354 e. The van der Waals surface area contributed by atoms with Crippen LogP contribution in [0.25, 0.3) is 0 Å². The highest BCUT2D eigenvalue weighted by atomic mass is 19.4. The summed E-state index contributed by atoms with van der Waals surface area (Å²) in [6.45, 7) is 1.77. The number of halogens is 3. The minimum Gasteiger partial charge on any atom is -0.354 e. The Balaban J connectivity index is 2.11. The third-order valence-electron chi connectivity index (χ3n) is 3.72. The second-order valence-electron chi connectivity index (χ2n) is 5.14. The summed E-state index contributed by atoms with van der Waals surface area (Å²) in [5.41, 5.74) is -0.690. The number of nitrogens with zero attached hydrogens (tertiary/aromatic N) is 2. The lowest BCUT2D eigenvalue weighted by atomic mass is 9.99. The molecule has 20 heavy (non-hydrogen) atoms. The Morgan fingerprint density at radius 2 is 2.15 bits per heavy atom. The molecule has 0 bridgehead atoms. The number of anilines is 1. The summed E-state index contributed by atoms with van der Waals surface area (Å²) in [4.78, 5) is 6.15. The van der Waals surface area contributed by atoms with Gasteiger partial charge in [0.25, 0.3) is 0 Å². The van der Waals surface area contributed by atoms with Crippen molar-refractivity contribution >= 4 is 5.82 Å². The van der Waals surface area contributed by atoms with E-state index in [9.17, 15) is 13.2 Å². The Kier molecular flexibility index (Phi) is 4.86. The molecule has 1 atom stereocenters. The van der Waals surface area contributed by atoms with Crippen molar-refractivity contribution in [2.75, 3.05) is 25.0 Å². The second kappa shape index (κ2) is 6.43. The number of rotatable bonds is 4. The standard InChI is InChI=1S/C14H20F3N3/c1-18-8-7-12-4-2-3-9-20(12)13-6-5-11(10-19-13)14(15,16)17/h5-6,10,12,18H,2-4,7-9H2,1H3. The van der Waals surface area contributed by atoms with Gasteiger partial charge in [0.05, 0.1) is 5.56 Å². The van der Waals surface area contributed by atoms with Crippen molar-refractivity contribution in [3.8, 4) is 0 Å². The molecular weight excluding hydrogens is 267 g/mol. The number of alkyl halides is 3. The summed E-state index contributed by atoms with van der Waals surface area (Å²) < 4.78 is 37.6. The van der Waals surface area contributed by atoms with Gasteiger partial charge in [-0.05, 0) is 51.4 Å². The third-order valence-corrected chi connectivity index (χ3v) is 3.72. The van der Waals surface area contributed by atoms with Crippen LogP contribution in [-0.4, -0.2) is 31.2 Å². The van der Waals surface area contributed by atoms with E-state index in [0.717, 1.165) is 44.6 Å². The molecule has 0 saturated carbocycles. The van der Waals surface area contributed by atoms with Gasteiger partial charge < -0.3 is 10.2 Å². The lowest BCUT2D eigenvalue weighted by Crippen LogP contribution is -2.41. The molecule has 1 aliphatic rings. The number of hydrogen-bond donors (Lipinski definition) is 1. The monoisotopic (exact) mass is 287 g/mol. The van der Waals surface area contributed by atoms with Crippen molar-refractivity contribution in [3.63, 3.8) is 0 Å². The van der Waals surface area contributed by atoms with E-state index >= 15 is 0 Å². The van der Waals surface area contributed by atoms with Gasteiger partial charge in [0.1, 0.15) is 5.82 Å². The lowest BCUT2D eigenvalue weighted by Gasteiger charge is -2.37. The second-order valence-corrected chi connectivity index (χ2v) is 5.14. The highest BCUT2D eigenvalue weighted by molar-refractivity contribution is 5.41. The van der Waals surface area contributed by atoms with Gasteiger partial charge in [-0.2, -0.15) is 13.2 Å². The minimum absolute atomic E-state index is 0.362. The van der Waals surface area contributed by atoms with E-state index in [1.54, 1.807) is 0 Å². The first kappa shape index (κ1) is 15.1. The van der Waals surface area contributed by atoms with Crippen LogP contribution in [-0.2, 0) is 6.18 Å². The van der Waals surface area contributed by atoms with Crippen molar-refractivity contribution < 1.29 is 13.2 Å². The van der Waals surface area contributed by atoms with Gasteiger partial charge in [-0.3, -0.25) is 0 Å². The van der Waals surface area contributed by atoms with Crippen molar-refractivity contribution in [3.05, 3.63) is 23.9 Å². The Morgan fingerprint density at radius 3 is 2.75 bits per heavy atom. The molecule has 1 fully saturated rings. The maximum atomic E-state index is 12.5. The summed E-state index contributed by atoms with van der Waals surface area (Å²) in [5.74, 6) is 0.652. The van der Waals surface area contributed by atoms with Gasteiger partial charge in [-0.15, -0.1) is 0 Å². The van der Waals surface area contributed by atoms with Gasteiger partial charge in [0, 0.05) is 18.8 Å². The van der Waals surface area contributed by atoms with E-state index in [4.69, 9.17) is 0 Å². The molecule has 1 unspecified atom stereocenters. The molecule has 1 aromatic rings. The zero-order valence-corrected chi connectivity index (χ0v) is 11.6. The van der Waals surface area contributed by atoms with Crippen molar-refractivity contribution in [2.24, 2.45) is 0 Å². The van der Waals surface area contributed by atoms with Gasteiger partial charge in [-0.25, -0.2) is 4.98 Å². The summed E-state index contributed by atoms with van der Waals surface area (Å²) in [6.07, 6.45) is 0.909. The van der Waals surface area contributed by atoms with Crippen LogP contribution >= 0.6 is 0 Å². The van der Waals surface area contributed by atoms with E-state index < -0.39 is 11.7 Å². The van der Waals surface area contributed by atoms with E-state index in [2.05, 4.69) is 15.2 Å². The van der Waals surface area contributed by atoms with Crippen LogP contribution in [0.5, 0.6) is 0 Å². The molecule has 0 radical (unpaired) electrons. The van der Waals surface area contributed by atoms with Gasteiger partial charge in [0.15, 0.2) is 0 Å². The fourth-order valence-corrected chi connectivity index (χ4v) is 2.64. The predicted octanol–water partition coefficient (Wildman–Crippen LogP) is 3.07. The molecular formula is C14H20F3N3. The fraction of sp³-hybridized carbons (Fsp3) is 0.643. The van der Waals surface area contributed by atoms with Crippen molar-refractivity contribution in [1.29, 1.82) is 0 Å². The highest BCUT2D eigenvalue weighted by Gasteiger charge is 2.31. The highest BCUT2D eigenvalue weighted by Crippen LogP contribution is 2.31. The molecule has 3 nitrogen and oxygen atoms in total. The first-order valence-corrected chi connectivity index (χ1v) is 6.97. The third kappa shape index (κ3) is 3.62. The average Bonchev–Trinajstić information content (AvgIpc) is 2.45. The number of piperidine rings is 1. The molecule has 2 rings (SSSR count). The number of hydrogen-bond acceptors (Lipinski definition) is 3. The Hall–Kier alpha value is -1.30. The van der Waals surface area contributed by atoms with Crippen molar-refractivity contribution in [1.82, 2.24) is 10.3 Å². The molecule has 112 valence electrons. The molecule has 0 spiro atoms. The molecule has 0 aliphatic carbocycles. The quantitative estimate of drug-likeness (QED) is 0.922. The minimum atomic E-state index is -4.32. The molecule has 2 heterocycles. The van der Waals surface area contributed by atoms with Crippen LogP contribution in [0.4, 0.5) is 19.0 Å². The zero-order chi connectivity index (χ0) is 14.6. The number of aromatic nitrogens is 1. The van der Waals surface area contributed by atoms with E-state index in [1.165, 1.54) is 12.5 Å². The summed E-state index contributed by atoms with van der Waals surface area (Å²) in [7, 11) is 1.91. The SMILES string of the molecule is CNCCC1CCCCN1c1ccc(C(F)(F)F)cn1. The van der Waals surface area contributed by atoms with Crippen LogP contribution in [0, 0.1) is 0 Å². The molecule has 1 saturated heterocycles. The number of nitrogens with one attached hydrogen (secondary N) is 1. The topological polar surface area (TPSA) is 28.2 Å². The lowest BCUT2D eigenvalue weighted by molar-refractivity contribution is -0.137. The zero-order valence-electron chi connectivity index (χ0n) is 11.6. The van der Waals surface area contributed by atoms with E-state index in [1.807, 2.05) is 7.05 Å². The first-order valence-electron chi connectivity index (χ1n) is 6.97. The Morgan fingerprint density at radius 1 is 1.35 bits per heavy atom. The molecule has 1 aromatic heterocycles. The molecule has 1 aliphatic heterocycles. The van der Waals surface area contributed by atoms with Gasteiger partial charge >= 0.3 is 6.18 Å². The van der Waals surface area contributed by atoms with Crippen molar-refractivity contribution in [2.45, 2.75) is 37.9 Å². The van der Waals surface area contributed by atoms with Crippen LogP contribution in [0.3, 0.4) is 0 Å².